The second kappa shape index (κ2) is 6.82. The number of carbonyl (C=O) groups is 2. The van der Waals surface area contributed by atoms with E-state index in [9.17, 15) is 9.59 Å². The van der Waals surface area contributed by atoms with Crippen LogP contribution >= 0.6 is 0 Å². The summed E-state index contributed by atoms with van der Waals surface area (Å²) in [6.07, 6.45) is 1.83. The van der Waals surface area contributed by atoms with E-state index in [0.717, 1.165) is 6.42 Å². The van der Waals surface area contributed by atoms with Crippen molar-refractivity contribution in [1.29, 1.82) is 0 Å². The molecule has 0 saturated heterocycles. The minimum atomic E-state index is -0.968. The van der Waals surface area contributed by atoms with E-state index in [-0.39, 0.29) is 40.6 Å². The maximum Gasteiger partial charge on any atom is 2.00 e. The second-order valence-electron chi connectivity index (χ2n) is 4.71. The summed E-state index contributed by atoms with van der Waals surface area (Å²) >= 11 is 0. The van der Waals surface area contributed by atoms with Crippen LogP contribution in [0.15, 0.2) is 0 Å². The molecule has 90 valence electrons. The Morgan fingerprint density at radius 1 is 1.12 bits per heavy atom. The summed E-state index contributed by atoms with van der Waals surface area (Å²) in [4.78, 5) is 21.9. The van der Waals surface area contributed by atoms with Crippen LogP contribution in [-0.2, 0) is 9.59 Å². The van der Waals surface area contributed by atoms with Crippen LogP contribution in [0, 0.1) is 23.7 Å². The van der Waals surface area contributed by atoms with Crippen molar-refractivity contribution in [3.8, 4) is 0 Å². The average molecular weight is 256 g/mol. The van der Waals surface area contributed by atoms with E-state index in [1.165, 1.54) is 0 Å². The molecule has 0 heterocycles. The topological polar surface area (TPSA) is 74.6 Å². The molecule has 3 atom stereocenters. The van der Waals surface area contributed by atoms with Gasteiger partial charge in [0.25, 0.3) is 0 Å². The number of carboxylic acids is 2. The molecule has 0 bridgehead atoms. The van der Waals surface area contributed by atoms with Crippen LogP contribution in [0.5, 0.6) is 0 Å². The first-order valence-corrected chi connectivity index (χ1v) is 5.39. The predicted octanol–water partition coefficient (Wildman–Crippen LogP) is 1.69. The van der Waals surface area contributed by atoms with Crippen molar-refractivity contribution in [3.05, 3.63) is 0 Å². The van der Waals surface area contributed by atoms with E-state index in [0.29, 0.717) is 24.7 Å². The fraction of sp³-hybridized carbons (Fsp3) is 0.818. The third-order valence-electron chi connectivity index (χ3n) is 3.47. The van der Waals surface area contributed by atoms with E-state index < -0.39 is 23.8 Å². The van der Waals surface area contributed by atoms with Gasteiger partial charge in [0.2, 0.25) is 0 Å². The van der Waals surface area contributed by atoms with Crippen molar-refractivity contribution < 1.29 is 22.7 Å². The van der Waals surface area contributed by atoms with E-state index in [4.69, 9.17) is 10.2 Å². The molecule has 3 unspecified atom stereocenters. The normalized spacial score (nSPS) is 29.6. The van der Waals surface area contributed by atoms with Crippen LogP contribution in [0.1, 0.15) is 36.0 Å². The zero-order chi connectivity index (χ0) is 11.6. The number of carboxylic acid groups (broad SMARTS) is 2. The van der Waals surface area contributed by atoms with Crippen molar-refractivity contribution >= 4 is 49.7 Å². The Bertz CT molecular complexity index is 274. The Morgan fingerprint density at radius 3 is 2.00 bits per heavy atom. The first kappa shape index (κ1) is 16.2. The number of rotatable bonds is 3. The van der Waals surface area contributed by atoms with Gasteiger partial charge in [-0.3, -0.25) is 9.59 Å². The third kappa shape index (κ3) is 3.90. The molecule has 5 heteroatoms. The maximum absolute atomic E-state index is 11.0. The summed E-state index contributed by atoms with van der Waals surface area (Å²) in [5, 5.41) is 17.9. The fourth-order valence-corrected chi connectivity index (χ4v) is 2.38. The van der Waals surface area contributed by atoms with Gasteiger partial charge in [-0.25, -0.2) is 0 Å². The number of hydrogen-bond acceptors (Lipinski definition) is 2. The van der Waals surface area contributed by atoms with Crippen molar-refractivity contribution in [2.75, 3.05) is 0 Å². The Morgan fingerprint density at radius 2 is 1.62 bits per heavy atom. The van der Waals surface area contributed by atoms with E-state index in [1.54, 1.807) is 0 Å². The van der Waals surface area contributed by atoms with Crippen LogP contribution in [0.2, 0.25) is 0 Å². The van der Waals surface area contributed by atoms with Gasteiger partial charge < -0.3 is 13.1 Å². The molecule has 0 amide bonds. The van der Waals surface area contributed by atoms with Crippen LogP contribution < -0.4 is 0 Å². The Hall–Kier alpha value is 0.200. The van der Waals surface area contributed by atoms with E-state index in [1.807, 2.05) is 0 Å². The van der Waals surface area contributed by atoms with Crippen molar-refractivity contribution in [1.82, 2.24) is 0 Å². The molecular formula is C11H20CaO4. The first-order chi connectivity index (χ1) is 6.93. The third-order valence-corrected chi connectivity index (χ3v) is 3.47. The smallest absolute Gasteiger partial charge is 1.00 e. The average Bonchev–Trinajstić information content (AvgIpc) is 2.16. The predicted molar refractivity (Wildman–Crippen MR) is 62.4 cm³/mol. The van der Waals surface area contributed by atoms with E-state index >= 15 is 0 Å². The van der Waals surface area contributed by atoms with E-state index in [2.05, 4.69) is 13.8 Å². The van der Waals surface area contributed by atoms with Crippen molar-refractivity contribution in [3.63, 3.8) is 0 Å². The summed E-state index contributed by atoms with van der Waals surface area (Å²) in [6, 6.07) is 0. The zero-order valence-corrected chi connectivity index (χ0v) is 12.1. The summed E-state index contributed by atoms with van der Waals surface area (Å²) in [6.45, 7) is 4.12. The summed E-state index contributed by atoms with van der Waals surface area (Å²) in [7, 11) is 0. The van der Waals surface area contributed by atoms with Crippen molar-refractivity contribution in [2.24, 2.45) is 23.7 Å². The molecule has 1 aliphatic carbocycles. The molecule has 2 N–H and O–H groups in total. The van der Waals surface area contributed by atoms with Gasteiger partial charge in [0.1, 0.15) is 0 Å². The minimum Gasteiger partial charge on any atom is -1.00 e. The van der Waals surface area contributed by atoms with Crippen LogP contribution in [0.4, 0.5) is 0 Å². The molecular weight excluding hydrogens is 236 g/mol. The molecule has 0 aliphatic heterocycles. The Kier molecular flexibility index (Phi) is 6.90. The summed E-state index contributed by atoms with van der Waals surface area (Å²) in [5.74, 6) is -2.55. The van der Waals surface area contributed by atoms with Crippen LogP contribution in [-0.4, -0.2) is 59.9 Å². The monoisotopic (exact) mass is 256 g/mol. The zero-order valence-electron chi connectivity index (χ0n) is 11.8. The molecule has 1 fully saturated rings. The molecule has 16 heavy (non-hydrogen) atoms. The number of aliphatic carboxylic acids is 2. The Labute approximate surface area is 128 Å². The van der Waals surface area contributed by atoms with Crippen LogP contribution in [0.3, 0.4) is 0 Å². The van der Waals surface area contributed by atoms with Gasteiger partial charge in [0.15, 0.2) is 0 Å². The second-order valence-corrected chi connectivity index (χ2v) is 4.71. The number of hydrogen-bond donors (Lipinski definition) is 2. The van der Waals surface area contributed by atoms with Gasteiger partial charge in [0, 0.05) is 0 Å². The van der Waals surface area contributed by atoms with Gasteiger partial charge in [-0.1, -0.05) is 13.8 Å². The molecule has 0 radical (unpaired) electrons. The molecule has 1 rings (SSSR count). The summed E-state index contributed by atoms with van der Waals surface area (Å²) < 4.78 is 0. The molecule has 4 nitrogen and oxygen atoms in total. The molecule has 0 aromatic rings. The van der Waals surface area contributed by atoms with Crippen molar-refractivity contribution in [2.45, 2.75) is 33.1 Å². The molecule has 0 aromatic carbocycles. The minimum absolute atomic E-state index is 0. The fourth-order valence-electron chi connectivity index (χ4n) is 2.38. The quantitative estimate of drug-likeness (QED) is 0.753. The summed E-state index contributed by atoms with van der Waals surface area (Å²) in [5.41, 5.74) is 0. The molecule has 0 spiro atoms. The first-order valence-electron chi connectivity index (χ1n) is 5.39. The molecule has 1 aliphatic rings. The van der Waals surface area contributed by atoms with Crippen LogP contribution in [0.25, 0.3) is 0 Å². The molecule has 0 aromatic heterocycles. The largest absolute Gasteiger partial charge is 2.00 e. The Balaban J connectivity index is -0.000000750. The van der Waals surface area contributed by atoms with Gasteiger partial charge in [-0.05, 0) is 31.1 Å². The SMILES string of the molecule is CC(C)C1CCC(C(=O)O)C(C(=O)O)C1.[Ca+2].[H-].[H-]. The standard InChI is InChI=1S/C11H18O4.Ca.2H/c1-6(2)7-3-4-8(10(12)13)9(5-7)11(14)15;;;/h6-9H,3-5H2,1-2H3,(H,12,13)(H,14,15);;;/q;+2;2*-1. The maximum atomic E-state index is 11.0. The van der Waals surface area contributed by atoms with Gasteiger partial charge >= 0.3 is 49.7 Å². The van der Waals surface area contributed by atoms with Gasteiger partial charge in [-0.15, -0.1) is 0 Å². The van der Waals surface area contributed by atoms with Gasteiger partial charge in [0.05, 0.1) is 11.8 Å². The van der Waals surface area contributed by atoms with Gasteiger partial charge in [-0.2, -0.15) is 0 Å². The molecule has 1 saturated carbocycles.